The van der Waals surface area contributed by atoms with Crippen LogP contribution in [-0.2, 0) is 0 Å². The molecule has 0 unspecified atom stereocenters. The first-order chi connectivity index (χ1) is 13.5. The van der Waals surface area contributed by atoms with Crippen LogP contribution >= 0.6 is 35.4 Å². The van der Waals surface area contributed by atoms with Crippen molar-refractivity contribution in [2.45, 2.75) is 0 Å². The molecule has 0 aliphatic heterocycles. The molecule has 0 aromatic heterocycles. The van der Waals surface area contributed by atoms with Gasteiger partial charge < -0.3 is 10.6 Å². The van der Waals surface area contributed by atoms with Crippen molar-refractivity contribution in [3.8, 4) is 0 Å². The number of halogens is 2. The van der Waals surface area contributed by atoms with Gasteiger partial charge in [-0.1, -0.05) is 59.6 Å². The highest BCUT2D eigenvalue weighted by atomic mass is 35.5. The molecule has 0 bridgehead atoms. The number of hydrogen-bond donors (Lipinski definition) is 2. The van der Waals surface area contributed by atoms with Crippen molar-refractivity contribution in [2.24, 2.45) is 0 Å². The van der Waals surface area contributed by atoms with E-state index in [-0.39, 0.29) is 16.7 Å². The molecule has 0 radical (unpaired) electrons. The van der Waals surface area contributed by atoms with Gasteiger partial charge in [0.1, 0.15) is 0 Å². The molecule has 0 heterocycles. The Kier molecular flexibility index (Phi) is 4.89. The lowest BCUT2D eigenvalue weighted by Crippen LogP contribution is -2.25. The minimum absolute atomic E-state index is 0.183. The number of ketones is 2. The van der Waals surface area contributed by atoms with E-state index in [1.54, 1.807) is 60.7 Å². The number of anilines is 2. The van der Waals surface area contributed by atoms with Crippen LogP contribution in [0.3, 0.4) is 0 Å². The minimum Gasteiger partial charge on any atom is -0.332 e. The summed E-state index contributed by atoms with van der Waals surface area (Å²) in [6.45, 7) is 0. The van der Waals surface area contributed by atoms with Crippen LogP contribution in [0, 0.1) is 0 Å². The normalized spacial score (nSPS) is 12.2. The maximum absolute atomic E-state index is 13.0. The van der Waals surface area contributed by atoms with Crippen LogP contribution in [0.4, 0.5) is 11.4 Å². The fourth-order valence-corrected chi connectivity index (χ4v) is 3.63. The fourth-order valence-electron chi connectivity index (χ4n) is 3.11. The highest BCUT2D eigenvalue weighted by Gasteiger charge is 2.31. The van der Waals surface area contributed by atoms with E-state index in [0.717, 1.165) is 0 Å². The van der Waals surface area contributed by atoms with Crippen molar-refractivity contribution in [3.63, 3.8) is 0 Å². The zero-order chi connectivity index (χ0) is 19.8. The molecule has 0 saturated carbocycles. The minimum atomic E-state index is -0.217. The maximum Gasteiger partial charge on any atom is 0.196 e. The number of carbonyl (C=O) groups excluding carboxylic acids is 2. The second kappa shape index (κ2) is 7.36. The number of carbonyl (C=O) groups is 2. The molecule has 3 aromatic carbocycles. The third-order valence-electron chi connectivity index (χ3n) is 4.38. The van der Waals surface area contributed by atoms with Crippen LogP contribution in [0.5, 0.6) is 0 Å². The van der Waals surface area contributed by atoms with Gasteiger partial charge in [-0.05, 0) is 36.5 Å². The Morgan fingerprint density at radius 1 is 0.750 bits per heavy atom. The molecule has 138 valence electrons. The number of thiocarbonyl (C=S) groups is 1. The van der Waals surface area contributed by atoms with Crippen LogP contribution in [0.2, 0.25) is 10.0 Å². The van der Waals surface area contributed by atoms with Crippen molar-refractivity contribution in [1.82, 2.24) is 0 Å². The molecule has 28 heavy (non-hydrogen) atoms. The Bertz CT molecular complexity index is 1160. The lowest BCUT2D eigenvalue weighted by Gasteiger charge is -2.21. The third kappa shape index (κ3) is 3.29. The molecule has 1 aliphatic carbocycles. The van der Waals surface area contributed by atoms with Gasteiger partial charge in [0.15, 0.2) is 16.7 Å². The number of nitrogens with one attached hydrogen (secondary N) is 2. The lowest BCUT2D eigenvalue weighted by atomic mass is 9.83. The molecule has 0 saturated heterocycles. The van der Waals surface area contributed by atoms with E-state index in [4.69, 9.17) is 35.4 Å². The van der Waals surface area contributed by atoms with Gasteiger partial charge in [-0.15, -0.1) is 0 Å². The summed E-state index contributed by atoms with van der Waals surface area (Å²) in [6.07, 6.45) is 0. The lowest BCUT2D eigenvalue weighted by molar-refractivity contribution is 0.0979. The van der Waals surface area contributed by atoms with E-state index >= 15 is 0 Å². The van der Waals surface area contributed by atoms with Gasteiger partial charge in [0.25, 0.3) is 0 Å². The molecule has 4 rings (SSSR count). The second-order valence-corrected chi connectivity index (χ2v) is 7.36. The second-order valence-electron chi connectivity index (χ2n) is 6.14. The summed E-state index contributed by atoms with van der Waals surface area (Å²) in [5.74, 6) is -0.400. The van der Waals surface area contributed by atoms with Gasteiger partial charge in [-0.25, -0.2) is 0 Å². The summed E-state index contributed by atoms with van der Waals surface area (Å²) >= 11 is 17.3. The maximum atomic E-state index is 13.0. The van der Waals surface area contributed by atoms with Gasteiger partial charge in [0.05, 0.1) is 21.3 Å². The van der Waals surface area contributed by atoms with E-state index in [2.05, 4.69) is 10.6 Å². The predicted octanol–water partition coefficient (Wildman–Crippen LogP) is 5.58. The smallest absolute Gasteiger partial charge is 0.196 e. The average molecular weight is 427 g/mol. The predicted molar refractivity (Wildman–Crippen MR) is 116 cm³/mol. The molecule has 0 atom stereocenters. The zero-order valence-electron chi connectivity index (χ0n) is 14.3. The first-order valence-corrected chi connectivity index (χ1v) is 9.46. The Balaban J connectivity index is 1.65. The van der Waals surface area contributed by atoms with E-state index in [1.165, 1.54) is 0 Å². The molecule has 0 amide bonds. The van der Waals surface area contributed by atoms with Crippen molar-refractivity contribution < 1.29 is 9.59 Å². The summed E-state index contributed by atoms with van der Waals surface area (Å²) < 4.78 is 0. The van der Waals surface area contributed by atoms with Crippen LogP contribution in [-0.4, -0.2) is 16.7 Å². The molecule has 0 spiro atoms. The van der Waals surface area contributed by atoms with Crippen LogP contribution in [0.25, 0.3) is 0 Å². The summed E-state index contributed by atoms with van der Waals surface area (Å²) in [4.78, 5) is 25.8. The van der Waals surface area contributed by atoms with Crippen LogP contribution in [0.1, 0.15) is 31.8 Å². The number of benzene rings is 3. The summed E-state index contributed by atoms with van der Waals surface area (Å²) in [5, 5.41) is 7.08. The van der Waals surface area contributed by atoms with Crippen LogP contribution < -0.4 is 10.6 Å². The van der Waals surface area contributed by atoms with Gasteiger partial charge in [-0.3, -0.25) is 9.59 Å². The van der Waals surface area contributed by atoms with Gasteiger partial charge in [0, 0.05) is 22.4 Å². The first-order valence-electron chi connectivity index (χ1n) is 8.30. The molecule has 4 nitrogen and oxygen atoms in total. The summed E-state index contributed by atoms with van der Waals surface area (Å²) in [7, 11) is 0. The third-order valence-corrected chi connectivity index (χ3v) is 5.32. The van der Waals surface area contributed by atoms with Gasteiger partial charge >= 0.3 is 0 Å². The van der Waals surface area contributed by atoms with Gasteiger partial charge in [0.2, 0.25) is 0 Å². The summed E-state index contributed by atoms with van der Waals surface area (Å²) in [6, 6.07) is 16.9. The van der Waals surface area contributed by atoms with E-state index in [1.807, 2.05) is 0 Å². The highest BCUT2D eigenvalue weighted by Crippen LogP contribution is 2.32. The Labute approximate surface area is 176 Å². The molecule has 2 N–H and O–H groups in total. The molecular formula is C21H12Cl2N2O2S. The Morgan fingerprint density at radius 3 is 2.14 bits per heavy atom. The van der Waals surface area contributed by atoms with Crippen LogP contribution in [0.15, 0.2) is 60.7 Å². The van der Waals surface area contributed by atoms with Crippen molar-refractivity contribution in [3.05, 3.63) is 93.0 Å². The van der Waals surface area contributed by atoms with E-state index in [9.17, 15) is 9.59 Å². The van der Waals surface area contributed by atoms with Gasteiger partial charge in [-0.2, -0.15) is 0 Å². The first kappa shape index (κ1) is 18.6. The number of fused-ring (bicyclic) bond motifs is 2. The largest absolute Gasteiger partial charge is 0.332 e. The fraction of sp³-hybridized carbons (Fsp3) is 0. The Hall–Kier alpha value is -2.73. The average Bonchev–Trinajstić information content (AvgIpc) is 2.69. The molecule has 7 heteroatoms. The zero-order valence-corrected chi connectivity index (χ0v) is 16.6. The molecule has 3 aromatic rings. The quantitative estimate of drug-likeness (QED) is 0.409. The monoisotopic (exact) mass is 426 g/mol. The van der Waals surface area contributed by atoms with Crippen molar-refractivity contribution in [2.75, 3.05) is 10.6 Å². The standard InChI is InChI=1S/C21H12Cl2N2O2S/c22-15-9-8-11(10-16(15)23)24-21(28)25-17-7-3-6-14-18(17)20(27)13-5-2-1-4-12(13)19(14)26/h1-10H,(H2,24,25,28). The van der Waals surface area contributed by atoms with E-state index in [0.29, 0.717) is 43.7 Å². The van der Waals surface area contributed by atoms with Crippen molar-refractivity contribution in [1.29, 1.82) is 0 Å². The Morgan fingerprint density at radius 2 is 1.43 bits per heavy atom. The molecule has 1 aliphatic rings. The highest BCUT2D eigenvalue weighted by molar-refractivity contribution is 7.80. The van der Waals surface area contributed by atoms with E-state index < -0.39 is 0 Å². The topological polar surface area (TPSA) is 58.2 Å². The van der Waals surface area contributed by atoms with Crippen molar-refractivity contribution >= 4 is 63.5 Å². The number of hydrogen-bond acceptors (Lipinski definition) is 3. The number of rotatable bonds is 2. The summed E-state index contributed by atoms with van der Waals surface area (Å²) in [5.41, 5.74) is 2.56. The SMILES string of the molecule is O=C1c2ccccc2C(=O)c2c(NC(=S)Nc3ccc(Cl)c(Cl)c3)cccc21. The molecule has 0 fully saturated rings. The molecular weight excluding hydrogens is 415 g/mol.